The number of benzene rings is 1. The Morgan fingerprint density at radius 2 is 1.90 bits per heavy atom. The topological polar surface area (TPSA) is 64.7 Å². The van der Waals surface area contributed by atoms with Crippen molar-refractivity contribution >= 4 is 11.0 Å². The summed E-state index contributed by atoms with van der Waals surface area (Å²) in [6.07, 6.45) is 7.01. The van der Waals surface area contributed by atoms with Crippen molar-refractivity contribution in [1.82, 2.24) is 15.0 Å². The van der Waals surface area contributed by atoms with Gasteiger partial charge < -0.3 is 5.73 Å². The Balaban J connectivity index is 1.88. The number of pyridine rings is 1. The van der Waals surface area contributed by atoms with Crippen LogP contribution in [0.2, 0.25) is 0 Å². The fraction of sp³-hybridized carbons (Fsp3) is 0.235. The smallest absolute Gasteiger partial charge is 0.0934 e. The van der Waals surface area contributed by atoms with Crippen molar-refractivity contribution in [2.75, 3.05) is 0 Å². The van der Waals surface area contributed by atoms with Gasteiger partial charge in [0.2, 0.25) is 0 Å². The van der Waals surface area contributed by atoms with E-state index in [0.29, 0.717) is 6.42 Å². The molecule has 2 heterocycles. The Morgan fingerprint density at radius 1 is 1.05 bits per heavy atom. The third-order valence-electron chi connectivity index (χ3n) is 3.65. The SMILES string of the molecule is CCc1ccc(CC(N)c2cccc3nccnc23)nc1. The van der Waals surface area contributed by atoms with Gasteiger partial charge in [-0.1, -0.05) is 25.1 Å². The van der Waals surface area contributed by atoms with Crippen molar-refractivity contribution in [3.05, 3.63) is 65.7 Å². The molecule has 2 N–H and O–H groups in total. The Hall–Kier alpha value is -2.33. The van der Waals surface area contributed by atoms with Gasteiger partial charge in [0.05, 0.1) is 11.0 Å². The largest absolute Gasteiger partial charge is 0.324 e. The molecule has 3 aromatic rings. The minimum absolute atomic E-state index is 0.134. The van der Waals surface area contributed by atoms with Gasteiger partial charge in [-0.15, -0.1) is 0 Å². The molecular formula is C17H18N4. The van der Waals surface area contributed by atoms with Crippen LogP contribution in [-0.2, 0) is 12.8 Å². The minimum atomic E-state index is -0.134. The van der Waals surface area contributed by atoms with Crippen molar-refractivity contribution in [2.24, 2.45) is 5.73 Å². The molecule has 0 spiro atoms. The lowest BCUT2D eigenvalue weighted by Crippen LogP contribution is -2.15. The highest BCUT2D eigenvalue weighted by Crippen LogP contribution is 2.22. The Morgan fingerprint density at radius 3 is 2.67 bits per heavy atom. The van der Waals surface area contributed by atoms with E-state index in [9.17, 15) is 0 Å². The van der Waals surface area contributed by atoms with E-state index in [0.717, 1.165) is 28.7 Å². The zero-order valence-corrected chi connectivity index (χ0v) is 12.0. The summed E-state index contributed by atoms with van der Waals surface area (Å²) < 4.78 is 0. The number of aryl methyl sites for hydroxylation is 1. The van der Waals surface area contributed by atoms with E-state index in [-0.39, 0.29) is 6.04 Å². The molecule has 1 unspecified atom stereocenters. The first-order chi connectivity index (χ1) is 10.3. The molecule has 3 rings (SSSR count). The molecule has 0 aliphatic heterocycles. The van der Waals surface area contributed by atoms with Crippen LogP contribution in [-0.4, -0.2) is 15.0 Å². The molecule has 0 aliphatic carbocycles. The van der Waals surface area contributed by atoms with Crippen LogP contribution in [0.5, 0.6) is 0 Å². The summed E-state index contributed by atoms with van der Waals surface area (Å²) in [5.74, 6) is 0. The molecule has 1 aromatic carbocycles. The first-order valence-electron chi connectivity index (χ1n) is 7.17. The van der Waals surface area contributed by atoms with Gasteiger partial charge in [0.1, 0.15) is 0 Å². The second kappa shape index (κ2) is 5.97. The lowest BCUT2D eigenvalue weighted by Gasteiger charge is -2.13. The van der Waals surface area contributed by atoms with Gasteiger partial charge in [-0.2, -0.15) is 0 Å². The summed E-state index contributed by atoms with van der Waals surface area (Å²) in [6.45, 7) is 2.12. The van der Waals surface area contributed by atoms with Crippen molar-refractivity contribution in [3.63, 3.8) is 0 Å². The van der Waals surface area contributed by atoms with Crippen molar-refractivity contribution in [3.8, 4) is 0 Å². The molecule has 0 fully saturated rings. The van der Waals surface area contributed by atoms with Crippen molar-refractivity contribution in [1.29, 1.82) is 0 Å². The van der Waals surface area contributed by atoms with E-state index in [1.54, 1.807) is 12.4 Å². The predicted octanol–water partition coefficient (Wildman–Crippen LogP) is 2.83. The summed E-state index contributed by atoms with van der Waals surface area (Å²) in [6, 6.07) is 9.97. The summed E-state index contributed by atoms with van der Waals surface area (Å²) in [7, 11) is 0. The normalized spacial score (nSPS) is 12.5. The number of hydrogen-bond donors (Lipinski definition) is 1. The highest BCUT2D eigenvalue weighted by atomic mass is 14.8. The zero-order chi connectivity index (χ0) is 14.7. The average molecular weight is 278 g/mol. The lowest BCUT2D eigenvalue weighted by atomic mass is 10.0. The maximum Gasteiger partial charge on any atom is 0.0934 e. The fourth-order valence-electron chi connectivity index (χ4n) is 2.43. The first kappa shape index (κ1) is 13.6. The Labute approximate surface area is 124 Å². The number of nitrogens with two attached hydrogens (primary N) is 1. The van der Waals surface area contributed by atoms with Crippen LogP contribution >= 0.6 is 0 Å². The van der Waals surface area contributed by atoms with E-state index in [1.807, 2.05) is 24.4 Å². The van der Waals surface area contributed by atoms with Gasteiger partial charge in [0, 0.05) is 36.7 Å². The molecule has 0 bridgehead atoms. The third-order valence-corrected chi connectivity index (χ3v) is 3.65. The van der Waals surface area contributed by atoms with E-state index in [1.165, 1.54) is 5.56 Å². The second-order valence-electron chi connectivity index (χ2n) is 5.09. The molecule has 106 valence electrons. The molecule has 4 nitrogen and oxygen atoms in total. The van der Waals surface area contributed by atoms with Crippen LogP contribution in [0.1, 0.15) is 29.8 Å². The number of aromatic nitrogens is 3. The number of nitrogens with zero attached hydrogens (tertiary/aromatic N) is 3. The molecule has 0 amide bonds. The Bertz CT molecular complexity index is 732. The highest BCUT2D eigenvalue weighted by Gasteiger charge is 2.12. The third kappa shape index (κ3) is 2.90. The van der Waals surface area contributed by atoms with E-state index < -0.39 is 0 Å². The number of fused-ring (bicyclic) bond motifs is 1. The van der Waals surface area contributed by atoms with Crippen LogP contribution in [0, 0.1) is 0 Å². The van der Waals surface area contributed by atoms with Crippen LogP contribution in [0.15, 0.2) is 48.9 Å². The van der Waals surface area contributed by atoms with Gasteiger partial charge in [-0.3, -0.25) is 15.0 Å². The fourth-order valence-corrected chi connectivity index (χ4v) is 2.43. The molecule has 0 radical (unpaired) electrons. The van der Waals surface area contributed by atoms with Gasteiger partial charge >= 0.3 is 0 Å². The molecule has 0 saturated carbocycles. The van der Waals surface area contributed by atoms with Gasteiger partial charge in [0.15, 0.2) is 0 Å². The Kier molecular flexibility index (Phi) is 3.88. The van der Waals surface area contributed by atoms with Crippen LogP contribution in [0.4, 0.5) is 0 Å². The van der Waals surface area contributed by atoms with E-state index in [2.05, 4.69) is 34.0 Å². The van der Waals surface area contributed by atoms with Crippen LogP contribution < -0.4 is 5.73 Å². The summed E-state index contributed by atoms with van der Waals surface area (Å²) >= 11 is 0. The predicted molar refractivity (Wildman–Crippen MR) is 83.8 cm³/mol. The van der Waals surface area contributed by atoms with Gasteiger partial charge in [0.25, 0.3) is 0 Å². The monoisotopic (exact) mass is 278 g/mol. The molecule has 1 atom stereocenters. The van der Waals surface area contributed by atoms with Crippen LogP contribution in [0.25, 0.3) is 11.0 Å². The van der Waals surface area contributed by atoms with Gasteiger partial charge in [-0.25, -0.2) is 0 Å². The van der Waals surface area contributed by atoms with E-state index >= 15 is 0 Å². The van der Waals surface area contributed by atoms with Crippen molar-refractivity contribution < 1.29 is 0 Å². The lowest BCUT2D eigenvalue weighted by molar-refractivity contribution is 0.709. The quantitative estimate of drug-likeness (QED) is 0.797. The van der Waals surface area contributed by atoms with E-state index in [4.69, 9.17) is 5.73 Å². The first-order valence-corrected chi connectivity index (χ1v) is 7.17. The number of rotatable bonds is 4. The van der Waals surface area contributed by atoms with Crippen molar-refractivity contribution in [2.45, 2.75) is 25.8 Å². The van der Waals surface area contributed by atoms with Gasteiger partial charge in [-0.05, 0) is 29.7 Å². The standard InChI is InChI=1S/C17H18N4/c1-2-12-6-7-13(21-11-12)10-15(18)14-4-3-5-16-17(14)20-9-8-19-16/h3-9,11,15H,2,10,18H2,1H3. The maximum absolute atomic E-state index is 6.36. The minimum Gasteiger partial charge on any atom is -0.324 e. The van der Waals surface area contributed by atoms with Crippen LogP contribution in [0.3, 0.4) is 0 Å². The number of hydrogen-bond acceptors (Lipinski definition) is 4. The molecule has 0 saturated heterocycles. The summed E-state index contributed by atoms with van der Waals surface area (Å²) in [4.78, 5) is 13.2. The average Bonchev–Trinajstić information content (AvgIpc) is 2.55. The second-order valence-corrected chi connectivity index (χ2v) is 5.09. The summed E-state index contributed by atoms with van der Waals surface area (Å²) in [5.41, 5.74) is 11.4. The molecule has 0 aliphatic rings. The molecule has 4 heteroatoms. The number of para-hydroxylation sites is 1. The highest BCUT2D eigenvalue weighted by molar-refractivity contribution is 5.78. The molecular weight excluding hydrogens is 260 g/mol. The maximum atomic E-state index is 6.36. The zero-order valence-electron chi connectivity index (χ0n) is 12.0. The summed E-state index contributed by atoms with van der Waals surface area (Å²) in [5, 5.41) is 0. The molecule has 21 heavy (non-hydrogen) atoms. The molecule has 2 aromatic heterocycles.